The fraction of sp³-hybridized carbons (Fsp3) is 0.676. The topological polar surface area (TPSA) is 69.7 Å². The molecule has 0 aliphatic heterocycles. The van der Waals surface area contributed by atoms with Crippen molar-refractivity contribution in [3.8, 4) is 0 Å². The lowest BCUT2D eigenvalue weighted by Crippen LogP contribution is -2.13. The van der Waals surface area contributed by atoms with Gasteiger partial charge in [-0.25, -0.2) is 9.59 Å². The van der Waals surface area contributed by atoms with Crippen molar-refractivity contribution in [3.05, 3.63) is 47.5 Å². The third kappa shape index (κ3) is 19.3. The van der Waals surface area contributed by atoms with E-state index in [0.29, 0.717) is 12.2 Å². The zero-order valence-electron chi connectivity index (χ0n) is 24.9. The molecule has 0 aliphatic rings. The van der Waals surface area contributed by atoms with Gasteiger partial charge in [0.15, 0.2) is 0 Å². The molecule has 1 rings (SSSR count). The predicted octanol–water partition coefficient (Wildman–Crippen LogP) is 9.92. The molecule has 0 saturated heterocycles. The number of hydrogen-bond donors (Lipinski definition) is 0. The van der Waals surface area contributed by atoms with Gasteiger partial charge in [-0.1, -0.05) is 109 Å². The van der Waals surface area contributed by atoms with Crippen molar-refractivity contribution < 1.29 is 23.9 Å². The molecule has 220 valence electrons. The maximum atomic E-state index is 12.2. The van der Waals surface area contributed by atoms with Crippen LogP contribution in [0.2, 0.25) is 0 Å². The molecule has 1 aromatic rings. The van der Waals surface area contributed by atoms with Crippen LogP contribution in [0.25, 0.3) is 0 Å². The molecule has 0 saturated carbocycles. The summed E-state index contributed by atoms with van der Waals surface area (Å²) in [7, 11) is 0. The fourth-order valence-electron chi connectivity index (χ4n) is 4.40. The van der Waals surface area contributed by atoms with Crippen LogP contribution in [0.15, 0.2) is 36.4 Å². The van der Waals surface area contributed by atoms with Gasteiger partial charge in [-0.3, -0.25) is 4.79 Å². The first-order valence-corrected chi connectivity index (χ1v) is 15.8. The summed E-state index contributed by atoms with van der Waals surface area (Å²) >= 11 is 0. The number of esters is 3. The molecule has 0 N–H and O–H groups in total. The molecule has 5 heteroatoms. The van der Waals surface area contributed by atoms with Crippen molar-refractivity contribution in [2.24, 2.45) is 0 Å². The number of carbonyl (C=O) groups is 3. The minimum absolute atomic E-state index is 0.248. The molecule has 39 heavy (non-hydrogen) atoms. The second kappa shape index (κ2) is 24.6. The van der Waals surface area contributed by atoms with Gasteiger partial charge in [0.25, 0.3) is 0 Å². The van der Waals surface area contributed by atoms with Crippen molar-refractivity contribution in [2.45, 2.75) is 142 Å². The largest absolute Gasteiger partial charge is 0.462 e. The smallest absolute Gasteiger partial charge is 0.345 e. The van der Waals surface area contributed by atoms with Crippen LogP contribution in [0.5, 0.6) is 0 Å². The van der Waals surface area contributed by atoms with Crippen LogP contribution in [0.3, 0.4) is 0 Å². The molecule has 0 aromatic heterocycles. The Kier molecular flexibility index (Phi) is 21.8. The van der Waals surface area contributed by atoms with Gasteiger partial charge in [-0.2, -0.15) is 0 Å². The number of carbonyl (C=O) groups excluding carboxylic acids is 3. The van der Waals surface area contributed by atoms with Crippen molar-refractivity contribution in [1.82, 2.24) is 0 Å². The second-order valence-electron chi connectivity index (χ2n) is 10.6. The zero-order chi connectivity index (χ0) is 28.4. The molecule has 5 nitrogen and oxygen atoms in total. The Morgan fingerprint density at radius 3 is 1.51 bits per heavy atom. The van der Waals surface area contributed by atoms with Crippen LogP contribution in [0.4, 0.5) is 0 Å². The van der Waals surface area contributed by atoms with E-state index in [9.17, 15) is 14.4 Å². The van der Waals surface area contributed by atoms with E-state index in [4.69, 9.17) is 9.47 Å². The van der Waals surface area contributed by atoms with Crippen molar-refractivity contribution >= 4 is 17.9 Å². The lowest BCUT2D eigenvalue weighted by molar-refractivity contribution is -0.138. The van der Waals surface area contributed by atoms with E-state index in [1.807, 2.05) is 6.92 Å². The van der Waals surface area contributed by atoms with Gasteiger partial charge in [0, 0.05) is 6.42 Å². The van der Waals surface area contributed by atoms with Crippen LogP contribution in [-0.2, 0) is 14.3 Å². The lowest BCUT2D eigenvalue weighted by atomic mass is 10.1. The highest BCUT2D eigenvalue weighted by molar-refractivity contribution is 5.98. The normalized spacial score (nSPS) is 11.1. The minimum Gasteiger partial charge on any atom is -0.462 e. The van der Waals surface area contributed by atoms with Gasteiger partial charge in [0.2, 0.25) is 0 Å². The Balaban J connectivity index is 1.96. The first-order valence-electron chi connectivity index (χ1n) is 15.8. The van der Waals surface area contributed by atoms with Gasteiger partial charge in [-0.15, -0.1) is 0 Å². The summed E-state index contributed by atoms with van der Waals surface area (Å²) in [5.41, 5.74) is 0.623. The Morgan fingerprint density at radius 2 is 1.00 bits per heavy atom. The number of benzene rings is 1. The quantitative estimate of drug-likeness (QED) is 0.0562. The molecule has 0 bridgehead atoms. The van der Waals surface area contributed by atoms with Crippen LogP contribution >= 0.6 is 0 Å². The number of hydrogen-bond acceptors (Lipinski definition) is 5. The maximum Gasteiger partial charge on any atom is 0.345 e. The van der Waals surface area contributed by atoms with E-state index < -0.39 is 17.9 Å². The summed E-state index contributed by atoms with van der Waals surface area (Å²) in [5.74, 6) is -1.59. The molecule has 0 heterocycles. The van der Waals surface area contributed by atoms with Crippen LogP contribution in [-0.4, -0.2) is 24.5 Å². The van der Waals surface area contributed by atoms with E-state index in [2.05, 4.69) is 19.1 Å². The molecular formula is C34H54O5. The van der Waals surface area contributed by atoms with Gasteiger partial charge >= 0.3 is 17.9 Å². The van der Waals surface area contributed by atoms with Gasteiger partial charge in [0.1, 0.15) is 0 Å². The van der Waals surface area contributed by atoms with E-state index in [0.717, 1.165) is 32.1 Å². The first-order chi connectivity index (χ1) is 19.1. The maximum absolute atomic E-state index is 12.2. The molecule has 1 aromatic carbocycles. The molecule has 0 aliphatic carbocycles. The van der Waals surface area contributed by atoms with E-state index in [1.165, 1.54) is 114 Å². The van der Waals surface area contributed by atoms with Gasteiger partial charge in [-0.05, 0) is 62.8 Å². The third-order valence-corrected chi connectivity index (χ3v) is 6.94. The van der Waals surface area contributed by atoms with Gasteiger partial charge < -0.3 is 9.47 Å². The summed E-state index contributed by atoms with van der Waals surface area (Å²) < 4.78 is 10.1. The van der Waals surface area contributed by atoms with E-state index in [1.54, 1.807) is 0 Å². The number of allylic oxidation sites excluding steroid dienone is 2. The number of rotatable bonds is 24. The van der Waals surface area contributed by atoms with Crippen molar-refractivity contribution in [2.75, 3.05) is 6.61 Å². The molecule has 0 fully saturated rings. The zero-order valence-corrected chi connectivity index (χ0v) is 24.9. The van der Waals surface area contributed by atoms with Crippen LogP contribution in [0, 0.1) is 0 Å². The minimum atomic E-state index is -0.681. The first kappa shape index (κ1) is 34.6. The molecule has 0 spiro atoms. The van der Waals surface area contributed by atoms with Gasteiger partial charge in [0.05, 0.1) is 17.7 Å². The monoisotopic (exact) mass is 542 g/mol. The summed E-state index contributed by atoms with van der Waals surface area (Å²) in [6, 6.07) is 6.01. The number of ether oxygens (including phenoxy) is 2. The molecule has 0 atom stereocenters. The van der Waals surface area contributed by atoms with E-state index >= 15 is 0 Å². The SMILES string of the molecule is CCCCCCCCC=CCCCCCCCCCCCC(=O)OC(=O)c1ccc(C(=O)OCCCC)cc1. The lowest BCUT2D eigenvalue weighted by Gasteiger charge is -2.06. The highest BCUT2D eigenvalue weighted by atomic mass is 16.6. The Morgan fingerprint density at radius 1 is 0.564 bits per heavy atom. The van der Waals surface area contributed by atoms with Crippen molar-refractivity contribution in [1.29, 1.82) is 0 Å². The fourth-order valence-corrected chi connectivity index (χ4v) is 4.40. The summed E-state index contributed by atoms with van der Waals surface area (Å²) in [6.45, 7) is 4.67. The average molecular weight is 543 g/mol. The predicted molar refractivity (Wildman–Crippen MR) is 160 cm³/mol. The third-order valence-electron chi connectivity index (χ3n) is 6.94. The average Bonchev–Trinajstić information content (AvgIpc) is 2.94. The van der Waals surface area contributed by atoms with E-state index in [-0.39, 0.29) is 12.0 Å². The highest BCUT2D eigenvalue weighted by Crippen LogP contribution is 2.13. The Labute approximate surface area is 238 Å². The Bertz CT molecular complexity index is 796. The summed E-state index contributed by atoms with van der Waals surface area (Å²) in [5, 5.41) is 0. The van der Waals surface area contributed by atoms with Crippen LogP contribution in [0.1, 0.15) is 163 Å². The molecule has 0 amide bonds. The number of unbranched alkanes of at least 4 members (excludes halogenated alkanes) is 16. The summed E-state index contributed by atoms with van der Waals surface area (Å²) in [4.78, 5) is 36.1. The molecular weight excluding hydrogens is 488 g/mol. The van der Waals surface area contributed by atoms with Crippen molar-refractivity contribution in [3.63, 3.8) is 0 Å². The second-order valence-corrected chi connectivity index (χ2v) is 10.6. The standard InChI is InChI=1S/C34H54O5/c1-3-5-7-8-9-10-11-12-13-14-15-16-17-18-19-20-21-22-23-24-32(35)39-34(37)31-27-25-30(26-28-31)33(36)38-29-6-4-2/h12-13,25-28H,3-11,14-24,29H2,1-2H3. The highest BCUT2D eigenvalue weighted by Gasteiger charge is 2.14. The molecule has 0 radical (unpaired) electrons. The van der Waals surface area contributed by atoms with Crippen LogP contribution < -0.4 is 0 Å². The Hall–Kier alpha value is -2.43. The summed E-state index contributed by atoms with van der Waals surface area (Å²) in [6.07, 6.45) is 27.9. The molecule has 0 unspecified atom stereocenters.